The number of sulfone groups is 1. The molecule has 3 aromatic carbocycles. The highest BCUT2D eigenvalue weighted by atomic mass is 35.5. The second-order valence-electron chi connectivity index (χ2n) is 9.23. The number of nitrogens with zero attached hydrogens (tertiary/aromatic N) is 3. The third-order valence-corrected chi connectivity index (χ3v) is 7.87. The fraction of sp³-hybridized carbons (Fsp3) is 0.179. The topological polar surface area (TPSA) is 113 Å². The highest BCUT2D eigenvalue weighted by Crippen LogP contribution is 2.37. The summed E-state index contributed by atoms with van der Waals surface area (Å²) >= 11 is 6.05. The van der Waals surface area contributed by atoms with Crippen LogP contribution in [-0.2, 0) is 22.6 Å². The van der Waals surface area contributed by atoms with E-state index in [0.717, 1.165) is 18.5 Å². The number of aromatic nitrogens is 2. The summed E-state index contributed by atoms with van der Waals surface area (Å²) in [5.41, 5.74) is 9.51. The first kappa shape index (κ1) is 31.0. The lowest BCUT2D eigenvalue weighted by molar-refractivity contribution is -0.141. The molecule has 42 heavy (non-hydrogen) atoms. The summed E-state index contributed by atoms with van der Waals surface area (Å²) in [6.07, 6.45) is -1.66. The average Bonchev–Trinajstić information content (AvgIpc) is 3.33. The molecule has 0 saturated carbocycles. The SMILES string of the molecule is CNN(/C(=C\N)c1ccc(Cl)cc1)c1cc(-c2cc(F)c(CO)c(S(C)(=O)=O)c2)ccc1-n1cc(C(F)(F)F)nc1C. The van der Waals surface area contributed by atoms with Crippen molar-refractivity contribution in [3.63, 3.8) is 0 Å². The zero-order chi connectivity index (χ0) is 31.0. The number of hydrogen-bond donors (Lipinski definition) is 3. The summed E-state index contributed by atoms with van der Waals surface area (Å²) in [5.74, 6) is -0.898. The van der Waals surface area contributed by atoms with Crippen molar-refractivity contribution in [2.45, 2.75) is 24.6 Å². The van der Waals surface area contributed by atoms with Gasteiger partial charge >= 0.3 is 6.18 Å². The molecule has 14 heteroatoms. The average molecular weight is 624 g/mol. The number of nitrogens with one attached hydrogen (secondary N) is 1. The van der Waals surface area contributed by atoms with Gasteiger partial charge in [0.25, 0.3) is 0 Å². The fourth-order valence-electron chi connectivity index (χ4n) is 4.49. The lowest BCUT2D eigenvalue weighted by Gasteiger charge is -2.29. The van der Waals surface area contributed by atoms with Crippen molar-refractivity contribution in [2.75, 3.05) is 18.3 Å². The number of hydrogen-bond acceptors (Lipinski definition) is 7. The van der Waals surface area contributed by atoms with E-state index < -0.39 is 34.1 Å². The van der Waals surface area contributed by atoms with Gasteiger partial charge in [-0.05, 0) is 54.4 Å². The second kappa shape index (κ2) is 11.8. The van der Waals surface area contributed by atoms with Gasteiger partial charge in [-0.3, -0.25) is 5.01 Å². The number of benzene rings is 3. The van der Waals surface area contributed by atoms with Crippen molar-refractivity contribution in [1.82, 2.24) is 15.0 Å². The maximum absolute atomic E-state index is 15.0. The van der Waals surface area contributed by atoms with E-state index in [2.05, 4.69) is 10.4 Å². The number of rotatable bonds is 8. The molecule has 222 valence electrons. The summed E-state index contributed by atoms with van der Waals surface area (Å²) in [7, 11) is -2.37. The Hall–Kier alpha value is -3.91. The molecule has 4 N–H and O–H groups in total. The third-order valence-electron chi connectivity index (χ3n) is 6.46. The summed E-state index contributed by atoms with van der Waals surface area (Å²) in [5, 5.41) is 11.6. The molecule has 0 radical (unpaired) electrons. The van der Waals surface area contributed by atoms with Crippen LogP contribution >= 0.6 is 11.6 Å². The van der Waals surface area contributed by atoms with Crippen molar-refractivity contribution < 1.29 is 31.1 Å². The summed E-state index contributed by atoms with van der Waals surface area (Å²) < 4.78 is 81.7. The molecule has 0 fully saturated rings. The van der Waals surface area contributed by atoms with Crippen LogP contribution in [0.5, 0.6) is 0 Å². The number of aryl methyl sites for hydroxylation is 1. The number of halogens is 5. The van der Waals surface area contributed by atoms with Crippen LogP contribution < -0.4 is 16.2 Å². The molecule has 0 bridgehead atoms. The van der Waals surface area contributed by atoms with Gasteiger partial charge in [-0.1, -0.05) is 29.8 Å². The Morgan fingerprint density at radius 1 is 1.14 bits per heavy atom. The minimum atomic E-state index is -4.70. The monoisotopic (exact) mass is 623 g/mol. The number of aliphatic hydroxyl groups is 1. The predicted molar refractivity (Wildman–Crippen MR) is 153 cm³/mol. The number of hydrazine groups is 1. The summed E-state index contributed by atoms with van der Waals surface area (Å²) in [6.45, 7) is 0.580. The highest BCUT2D eigenvalue weighted by molar-refractivity contribution is 7.90. The largest absolute Gasteiger partial charge is 0.434 e. The van der Waals surface area contributed by atoms with Crippen molar-refractivity contribution in [2.24, 2.45) is 5.73 Å². The number of aliphatic hydroxyl groups excluding tert-OH is 1. The van der Waals surface area contributed by atoms with Gasteiger partial charge in [-0.2, -0.15) is 13.2 Å². The van der Waals surface area contributed by atoms with Gasteiger partial charge in [-0.25, -0.2) is 23.2 Å². The Labute approximate surface area is 244 Å². The van der Waals surface area contributed by atoms with Crippen LogP contribution in [0, 0.1) is 12.7 Å². The van der Waals surface area contributed by atoms with E-state index in [1.54, 1.807) is 31.3 Å². The smallest absolute Gasteiger partial charge is 0.403 e. The lowest BCUT2D eigenvalue weighted by atomic mass is 10.0. The van der Waals surface area contributed by atoms with Gasteiger partial charge in [0.05, 0.1) is 28.6 Å². The summed E-state index contributed by atoms with van der Waals surface area (Å²) in [4.78, 5) is 3.28. The fourth-order valence-corrected chi connectivity index (χ4v) is 5.57. The van der Waals surface area contributed by atoms with Crippen molar-refractivity contribution >= 4 is 32.8 Å². The Kier molecular flexibility index (Phi) is 8.69. The Balaban J connectivity index is 2.01. The Bertz CT molecular complexity index is 1770. The van der Waals surface area contributed by atoms with E-state index >= 15 is 0 Å². The van der Waals surface area contributed by atoms with Crippen molar-refractivity contribution in [3.05, 3.63) is 100 Å². The minimum absolute atomic E-state index is 0.0369. The first-order valence-electron chi connectivity index (χ1n) is 12.3. The summed E-state index contributed by atoms with van der Waals surface area (Å²) in [6, 6.07) is 13.5. The van der Waals surface area contributed by atoms with E-state index in [1.165, 1.54) is 47.0 Å². The molecule has 4 aromatic rings. The molecule has 1 aromatic heterocycles. The van der Waals surface area contributed by atoms with Gasteiger partial charge < -0.3 is 15.4 Å². The van der Waals surface area contributed by atoms with Gasteiger partial charge in [0, 0.05) is 41.8 Å². The van der Waals surface area contributed by atoms with Gasteiger partial charge in [0.15, 0.2) is 15.5 Å². The van der Waals surface area contributed by atoms with Gasteiger partial charge in [-0.15, -0.1) is 0 Å². The molecule has 4 rings (SSSR count). The molecule has 0 spiro atoms. The predicted octanol–water partition coefficient (Wildman–Crippen LogP) is 5.45. The zero-order valence-electron chi connectivity index (χ0n) is 22.5. The van der Waals surface area contributed by atoms with E-state index in [0.29, 0.717) is 21.8 Å². The first-order chi connectivity index (χ1) is 19.7. The zero-order valence-corrected chi connectivity index (χ0v) is 24.1. The molecule has 0 aliphatic rings. The number of imidazole rings is 1. The molecule has 0 amide bonds. The second-order valence-corrected chi connectivity index (χ2v) is 11.6. The number of anilines is 1. The van der Waals surface area contributed by atoms with Crippen LogP contribution in [0.25, 0.3) is 22.5 Å². The quantitative estimate of drug-likeness (QED) is 0.177. The van der Waals surface area contributed by atoms with Crippen LogP contribution in [0.1, 0.15) is 22.6 Å². The Morgan fingerprint density at radius 3 is 2.33 bits per heavy atom. The molecule has 0 aliphatic carbocycles. The van der Waals surface area contributed by atoms with Crippen LogP contribution in [0.4, 0.5) is 23.2 Å². The van der Waals surface area contributed by atoms with E-state index in [4.69, 9.17) is 17.3 Å². The third kappa shape index (κ3) is 6.14. The van der Waals surface area contributed by atoms with Crippen LogP contribution in [0.3, 0.4) is 0 Å². The van der Waals surface area contributed by atoms with Gasteiger partial charge in [0.2, 0.25) is 0 Å². The molecule has 0 saturated heterocycles. The number of alkyl halides is 3. The minimum Gasteiger partial charge on any atom is -0.403 e. The van der Waals surface area contributed by atoms with Crippen molar-refractivity contribution in [3.8, 4) is 16.8 Å². The van der Waals surface area contributed by atoms with Gasteiger partial charge in [0.1, 0.15) is 11.6 Å². The molecule has 0 atom stereocenters. The standard InChI is InChI=1S/C28H26ClF4N5O3S/c1-16-36-27(28(31,32)33)14-37(16)23-9-6-18(19-10-22(30)21(15-39)26(12-19)42(3,40)41)11-24(23)38(35-2)25(13-34)17-4-7-20(29)8-5-17/h4-14,35,39H,15,34H2,1-3H3/b25-13-. The molecule has 0 aliphatic heterocycles. The van der Waals surface area contributed by atoms with Crippen LogP contribution in [-0.4, -0.2) is 36.4 Å². The molecular formula is C28H26ClF4N5O3S. The highest BCUT2D eigenvalue weighted by Gasteiger charge is 2.35. The van der Waals surface area contributed by atoms with E-state index in [1.807, 2.05) is 0 Å². The van der Waals surface area contributed by atoms with Crippen LogP contribution in [0.2, 0.25) is 5.02 Å². The molecular weight excluding hydrogens is 598 g/mol. The lowest BCUT2D eigenvalue weighted by Crippen LogP contribution is -2.35. The van der Waals surface area contributed by atoms with E-state index in [9.17, 15) is 31.1 Å². The Morgan fingerprint density at radius 2 is 1.81 bits per heavy atom. The van der Waals surface area contributed by atoms with Crippen molar-refractivity contribution in [1.29, 1.82) is 0 Å². The van der Waals surface area contributed by atoms with E-state index in [-0.39, 0.29) is 33.2 Å². The molecule has 0 unspecified atom stereocenters. The normalized spacial score (nSPS) is 12.5. The maximum Gasteiger partial charge on any atom is 0.434 e. The van der Waals surface area contributed by atoms with Crippen LogP contribution in [0.15, 0.2) is 71.9 Å². The molecule has 8 nitrogen and oxygen atoms in total. The first-order valence-corrected chi connectivity index (χ1v) is 14.5. The maximum atomic E-state index is 15.0. The number of nitrogens with two attached hydrogens (primary N) is 1. The molecule has 1 heterocycles.